The molecule has 0 aromatic heterocycles. The van der Waals surface area contributed by atoms with Crippen molar-refractivity contribution in [2.24, 2.45) is 5.73 Å². The van der Waals surface area contributed by atoms with Gasteiger partial charge in [0, 0.05) is 24.5 Å². The van der Waals surface area contributed by atoms with Crippen LogP contribution in [0.15, 0.2) is 46.7 Å². The number of hydrogen-bond acceptors (Lipinski definition) is 6. The zero-order valence-electron chi connectivity index (χ0n) is 11.5. The van der Waals surface area contributed by atoms with Crippen LogP contribution in [0, 0.1) is 0 Å². The molecule has 6 nitrogen and oxygen atoms in total. The van der Waals surface area contributed by atoms with Gasteiger partial charge in [0.1, 0.15) is 24.4 Å². The second kappa shape index (κ2) is 5.23. The molecule has 3 aliphatic rings. The fourth-order valence-corrected chi connectivity index (χ4v) is 2.97. The molecule has 2 aliphatic carbocycles. The molecule has 6 heteroatoms. The van der Waals surface area contributed by atoms with E-state index in [0.29, 0.717) is 16.8 Å². The van der Waals surface area contributed by atoms with Gasteiger partial charge in [-0.25, -0.2) is 0 Å². The third kappa shape index (κ3) is 2.16. The molecule has 3 rings (SSSR count). The van der Waals surface area contributed by atoms with E-state index in [0.717, 1.165) is 5.57 Å². The molecule has 0 radical (unpaired) electrons. The Balaban J connectivity index is 1.92. The monoisotopic (exact) mass is 291 g/mol. The van der Waals surface area contributed by atoms with Crippen LogP contribution in [0.1, 0.15) is 0 Å². The zero-order chi connectivity index (χ0) is 15.1. The second-order valence-corrected chi connectivity index (χ2v) is 5.24. The fourth-order valence-electron chi connectivity index (χ4n) is 2.97. The highest BCUT2D eigenvalue weighted by Gasteiger charge is 2.47. The number of methoxy groups -OCH3 is 1. The van der Waals surface area contributed by atoms with E-state index in [1.165, 1.54) is 13.2 Å². The smallest absolute Gasteiger partial charge is 0.188 e. The molecule has 1 fully saturated rings. The highest BCUT2D eigenvalue weighted by atomic mass is 16.6. The normalized spacial score (nSPS) is 35.1. The molecule has 112 valence electrons. The Labute approximate surface area is 121 Å². The molecule has 4 atom stereocenters. The number of aliphatic hydroxyl groups excluding tert-OH is 2. The lowest BCUT2D eigenvalue weighted by Crippen LogP contribution is -2.36. The van der Waals surface area contributed by atoms with E-state index in [1.807, 2.05) is 0 Å². The van der Waals surface area contributed by atoms with Crippen molar-refractivity contribution in [1.82, 2.24) is 0 Å². The lowest BCUT2D eigenvalue weighted by Gasteiger charge is -2.22. The molecule has 4 N–H and O–H groups in total. The van der Waals surface area contributed by atoms with Gasteiger partial charge >= 0.3 is 0 Å². The molecular formula is C15H17NO5. The summed E-state index contributed by atoms with van der Waals surface area (Å²) in [6.45, 7) is -0.300. The highest BCUT2D eigenvalue weighted by molar-refractivity contribution is 6.11. The first kappa shape index (κ1) is 14.2. The van der Waals surface area contributed by atoms with Crippen molar-refractivity contribution in [2.75, 3.05) is 13.7 Å². The molecule has 0 spiro atoms. The Kier molecular flexibility index (Phi) is 3.54. The number of carbonyl (C=O) groups is 1. The SMILES string of the molecule is CO[C@@H]1[C@H](O)[C@@H](CO)O[C@H]1C1=CC=C2C(=O)C=C(N)C=C21. The Hall–Kier alpha value is -1.73. The largest absolute Gasteiger partial charge is 0.399 e. The number of allylic oxidation sites excluding steroid dienone is 5. The van der Waals surface area contributed by atoms with E-state index in [-0.39, 0.29) is 12.4 Å². The lowest BCUT2D eigenvalue weighted by atomic mass is 9.90. The van der Waals surface area contributed by atoms with Crippen LogP contribution in [0.5, 0.6) is 0 Å². The van der Waals surface area contributed by atoms with Crippen molar-refractivity contribution in [2.45, 2.75) is 24.4 Å². The highest BCUT2D eigenvalue weighted by Crippen LogP contribution is 2.39. The minimum Gasteiger partial charge on any atom is -0.399 e. The number of nitrogens with two attached hydrogens (primary N) is 1. The van der Waals surface area contributed by atoms with Gasteiger partial charge in [0.25, 0.3) is 0 Å². The van der Waals surface area contributed by atoms with Crippen LogP contribution in [-0.2, 0) is 14.3 Å². The van der Waals surface area contributed by atoms with Crippen LogP contribution >= 0.6 is 0 Å². The third-order valence-electron chi connectivity index (χ3n) is 4.00. The number of carbonyl (C=O) groups excluding carboxylic acids is 1. The molecular weight excluding hydrogens is 274 g/mol. The summed E-state index contributed by atoms with van der Waals surface area (Å²) in [5.74, 6) is -0.150. The van der Waals surface area contributed by atoms with E-state index in [9.17, 15) is 15.0 Å². The summed E-state index contributed by atoms with van der Waals surface area (Å²) in [4.78, 5) is 11.9. The van der Waals surface area contributed by atoms with Gasteiger partial charge in [-0.15, -0.1) is 0 Å². The first-order valence-corrected chi connectivity index (χ1v) is 6.69. The van der Waals surface area contributed by atoms with Gasteiger partial charge in [0.15, 0.2) is 5.78 Å². The number of hydrogen-bond donors (Lipinski definition) is 3. The van der Waals surface area contributed by atoms with Crippen LogP contribution in [0.2, 0.25) is 0 Å². The van der Waals surface area contributed by atoms with Crippen molar-refractivity contribution >= 4 is 5.78 Å². The van der Waals surface area contributed by atoms with E-state index >= 15 is 0 Å². The summed E-state index contributed by atoms with van der Waals surface area (Å²) in [6.07, 6.45) is 3.77. The number of fused-ring (bicyclic) bond motifs is 1. The van der Waals surface area contributed by atoms with E-state index < -0.39 is 24.4 Å². The molecule has 1 heterocycles. The van der Waals surface area contributed by atoms with Crippen LogP contribution in [0.3, 0.4) is 0 Å². The molecule has 0 bridgehead atoms. The van der Waals surface area contributed by atoms with Gasteiger partial charge in [-0.1, -0.05) is 12.2 Å². The number of rotatable bonds is 3. The van der Waals surface area contributed by atoms with Crippen molar-refractivity contribution in [1.29, 1.82) is 0 Å². The molecule has 1 saturated heterocycles. The molecule has 0 unspecified atom stereocenters. The summed E-state index contributed by atoms with van der Waals surface area (Å²) < 4.78 is 11.0. The summed E-state index contributed by atoms with van der Waals surface area (Å²) in [5.41, 5.74) is 8.10. The van der Waals surface area contributed by atoms with Crippen LogP contribution in [0.4, 0.5) is 0 Å². The average molecular weight is 291 g/mol. The minimum absolute atomic E-state index is 0.150. The van der Waals surface area contributed by atoms with Crippen molar-refractivity contribution in [3.05, 3.63) is 46.7 Å². The molecule has 1 aliphatic heterocycles. The number of aliphatic hydroxyl groups is 2. The van der Waals surface area contributed by atoms with Crippen LogP contribution in [-0.4, -0.2) is 54.1 Å². The van der Waals surface area contributed by atoms with Gasteiger partial charge in [0.2, 0.25) is 0 Å². The van der Waals surface area contributed by atoms with Crippen LogP contribution < -0.4 is 5.73 Å². The van der Waals surface area contributed by atoms with Crippen LogP contribution in [0.25, 0.3) is 0 Å². The van der Waals surface area contributed by atoms with Gasteiger partial charge < -0.3 is 25.4 Å². The lowest BCUT2D eigenvalue weighted by molar-refractivity contribution is -0.111. The predicted molar refractivity (Wildman–Crippen MR) is 74.1 cm³/mol. The standard InChI is InChI=1S/C15H17NO5/c1-20-15-13(19)12(6-17)21-14(15)9-3-2-8-10(9)4-7(16)5-11(8)18/h2-5,12-15,17,19H,6,16H2,1H3/t12-,13-,14+,15-/m1/s1. The Bertz CT molecular complexity index is 601. The van der Waals surface area contributed by atoms with E-state index in [4.69, 9.17) is 15.2 Å². The predicted octanol–water partition coefficient (Wildman–Crippen LogP) is -0.660. The Morgan fingerprint density at radius 3 is 2.76 bits per heavy atom. The molecule has 21 heavy (non-hydrogen) atoms. The van der Waals surface area contributed by atoms with Crippen molar-refractivity contribution in [3.8, 4) is 0 Å². The van der Waals surface area contributed by atoms with Crippen molar-refractivity contribution < 1.29 is 24.5 Å². The number of ketones is 1. The van der Waals surface area contributed by atoms with E-state index in [2.05, 4.69) is 0 Å². The molecule has 0 aromatic rings. The summed E-state index contributed by atoms with van der Waals surface area (Å²) in [6, 6.07) is 0. The van der Waals surface area contributed by atoms with Gasteiger partial charge in [0.05, 0.1) is 6.61 Å². The Morgan fingerprint density at radius 1 is 1.33 bits per heavy atom. The minimum atomic E-state index is -0.928. The Morgan fingerprint density at radius 2 is 2.10 bits per heavy atom. The average Bonchev–Trinajstić information content (AvgIpc) is 2.99. The molecule has 0 saturated carbocycles. The maximum absolute atomic E-state index is 11.9. The first-order chi connectivity index (χ1) is 10.1. The number of ether oxygens (including phenoxy) is 2. The summed E-state index contributed by atoms with van der Waals surface area (Å²) in [5, 5.41) is 19.4. The molecule has 0 aromatic carbocycles. The topological polar surface area (TPSA) is 102 Å². The van der Waals surface area contributed by atoms with E-state index in [1.54, 1.807) is 18.2 Å². The quantitative estimate of drug-likeness (QED) is 0.638. The first-order valence-electron chi connectivity index (χ1n) is 6.69. The summed E-state index contributed by atoms with van der Waals surface area (Å²) >= 11 is 0. The second-order valence-electron chi connectivity index (χ2n) is 5.24. The van der Waals surface area contributed by atoms with Gasteiger partial charge in [-0.3, -0.25) is 4.79 Å². The maximum atomic E-state index is 11.9. The van der Waals surface area contributed by atoms with Crippen molar-refractivity contribution in [3.63, 3.8) is 0 Å². The zero-order valence-corrected chi connectivity index (χ0v) is 11.5. The fraction of sp³-hybridized carbons (Fsp3) is 0.400. The third-order valence-corrected chi connectivity index (χ3v) is 4.00. The summed E-state index contributed by atoms with van der Waals surface area (Å²) in [7, 11) is 1.47. The van der Waals surface area contributed by atoms with Gasteiger partial charge in [-0.2, -0.15) is 0 Å². The maximum Gasteiger partial charge on any atom is 0.188 e. The van der Waals surface area contributed by atoms with Gasteiger partial charge in [-0.05, 0) is 17.2 Å². The molecule has 0 amide bonds.